The minimum absolute atomic E-state index is 0.187. The quantitative estimate of drug-likeness (QED) is 0.902. The Bertz CT molecular complexity index is 445. The number of carbonyl (C=O) groups is 1. The molecular weight excluding hydrogens is 260 g/mol. The van der Waals surface area contributed by atoms with E-state index < -0.39 is 0 Å². The minimum Gasteiger partial charge on any atom is -0.339 e. The number of rotatable bonds is 5. The summed E-state index contributed by atoms with van der Waals surface area (Å²) in [4.78, 5) is 14.5. The van der Waals surface area contributed by atoms with Crippen LogP contribution in [0.5, 0.6) is 0 Å². The van der Waals surface area contributed by atoms with Crippen LogP contribution in [0.4, 0.5) is 0 Å². The number of likely N-dealkylation sites (tertiary alicyclic amines) is 1. The maximum Gasteiger partial charge on any atom is 0.253 e. The molecule has 0 aliphatic carbocycles. The van der Waals surface area contributed by atoms with Crippen LogP contribution in [0.2, 0.25) is 0 Å². The van der Waals surface area contributed by atoms with Crippen molar-refractivity contribution in [1.82, 2.24) is 10.2 Å². The SMILES string of the molecule is CCNCC1CCN(C(=O)c2ccc(C(C)C)cc2)CC1. The first-order valence-electron chi connectivity index (χ1n) is 8.21. The van der Waals surface area contributed by atoms with Gasteiger partial charge in [0.05, 0.1) is 0 Å². The van der Waals surface area contributed by atoms with Crippen LogP contribution < -0.4 is 5.32 Å². The lowest BCUT2D eigenvalue weighted by Crippen LogP contribution is -2.40. The van der Waals surface area contributed by atoms with Gasteiger partial charge in [0.2, 0.25) is 0 Å². The summed E-state index contributed by atoms with van der Waals surface area (Å²) in [5, 5.41) is 3.41. The Labute approximate surface area is 128 Å². The van der Waals surface area contributed by atoms with E-state index in [1.165, 1.54) is 5.56 Å². The van der Waals surface area contributed by atoms with E-state index in [1.807, 2.05) is 17.0 Å². The number of hydrogen-bond acceptors (Lipinski definition) is 2. The van der Waals surface area contributed by atoms with Gasteiger partial charge < -0.3 is 10.2 Å². The molecule has 2 rings (SSSR count). The summed E-state index contributed by atoms with van der Waals surface area (Å²) in [5.74, 6) is 1.42. The van der Waals surface area contributed by atoms with Crippen LogP contribution in [0.3, 0.4) is 0 Å². The Morgan fingerprint density at radius 1 is 1.24 bits per heavy atom. The fourth-order valence-electron chi connectivity index (χ4n) is 2.88. The van der Waals surface area contributed by atoms with E-state index in [9.17, 15) is 4.79 Å². The molecule has 1 heterocycles. The highest BCUT2D eigenvalue weighted by atomic mass is 16.2. The standard InChI is InChI=1S/C18H28N2O/c1-4-19-13-15-9-11-20(12-10-15)18(21)17-7-5-16(6-8-17)14(2)3/h5-8,14-15,19H,4,9-13H2,1-3H3. The van der Waals surface area contributed by atoms with E-state index in [-0.39, 0.29) is 5.91 Å². The number of carbonyl (C=O) groups excluding carboxylic acids is 1. The molecule has 1 aromatic rings. The van der Waals surface area contributed by atoms with Gasteiger partial charge in [-0.15, -0.1) is 0 Å². The van der Waals surface area contributed by atoms with E-state index in [2.05, 4.69) is 38.2 Å². The molecule has 21 heavy (non-hydrogen) atoms. The van der Waals surface area contributed by atoms with Gasteiger partial charge in [0.15, 0.2) is 0 Å². The van der Waals surface area contributed by atoms with E-state index in [0.717, 1.165) is 50.5 Å². The van der Waals surface area contributed by atoms with Crippen LogP contribution in [0.25, 0.3) is 0 Å². The molecule has 0 atom stereocenters. The van der Waals surface area contributed by atoms with Crippen molar-refractivity contribution in [2.24, 2.45) is 5.92 Å². The van der Waals surface area contributed by atoms with Gasteiger partial charge in [-0.25, -0.2) is 0 Å². The van der Waals surface area contributed by atoms with Gasteiger partial charge >= 0.3 is 0 Å². The summed E-state index contributed by atoms with van der Waals surface area (Å²) >= 11 is 0. The zero-order valence-corrected chi connectivity index (χ0v) is 13.6. The van der Waals surface area contributed by atoms with Crippen LogP contribution in [0.1, 0.15) is 55.5 Å². The van der Waals surface area contributed by atoms with Crippen LogP contribution in [-0.2, 0) is 0 Å². The monoisotopic (exact) mass is 288 g/mol. The molecule has 0 unspecified atom stereocenters. The molecule has 1 saturated heterocycles. The maximum atomic E-state index is 12.5. The molecule has 0 spiro atoms. The average Bonchev–Trinajstić information content (AvgIpc) is 2.53. The van der Waals surface area contributed by atoms with Crippen LogP contribution in [0, 0.1) is 5.92 Å². The second-order valence-corrected chi connectivity index (χ2v) is 6.32. The zero-order valence-electron chi connectivity index (χ0n) is 13.6. The van der Waals surface area contributed by atoms with E-state index >= 15 is 0 Å². The number of hydrogen-bond donors (Lipinski definition) is 1. The van der Waals surface area contributed by atoms with Gasteiger partial charge in [-0.1, -0.05) is 32.9 Å². The largest absolute Gasteiger partial charge is 0.339 e. The number of piperidine rings is 1. The average molecular weight is 288 g/mol. The molecule has 1 aliphatic rings. The normalized spacial score (nSPS) is 16.5. The van der Waals surface area contributed by atoms with E-state index in [1.54, 1.807) is 0 Å². The number of nitrogens with zero attached hydrogens (tertiary/aromatic N) is 1. The Morgan fingerprint density at radius 2 is 1.86 bits per heavy atom. The second kappa shape index (κ2) is 7.60. The fourth-order valence-corrected chi connectivity index (χ4v) is 2.88. The summed E-state index contributed by atoms with van der Waals surface area (Å²) in [6.45, 7) is 10.4. The Hall–Kier alpha value is -1.35. The number of benzene rings is 1. The first-order chi connectivity index (χ1) is 10.1. The third-order valence-electron chi connectivity index (χ3n) is 4.41. The minimum atomic E-state index is 0.187. The highest BCUT2D eigenvalue weighted by Crippen LogP contribution is 2.20. The molecule has 1 amide bonds. The lowest BCUT2D eigenvalue weighted by molar-refractivity contribution is 0.0690. The van der Waals surface area contributed by atoms with Crippen molar-refractivity contribution in [2.45, 2.75) is 39.5 Å². The van der Waals surface area contributed by atoms with E-state index in [0.29, 0.717) is 5.92 Å². The molecule has 1 N–H and O–H groups in total. The number of amides is 1. The molecule has 0 radical (unpaired) electrons. The van der Waals surface area contributed by atoms with Crippen molar-refractivity contribution in [3.8, 4) is 0 Å². The molecule has 3 nitrogen and oxygen atoms in total. The maximum absolute atomic E-state index is 12.5. The smallest absolute Gasteiger partial charge is 0.253 e. The zero-order chi connectivity index (χ0) is 15.2. The lowest BCUT2D eigenvalue weighted by Gasteiger charge is -2.32. The Balaban J connectivity index is 1.89. The number of nitrogens with one attached hydrogen (secondary N) is 1. The van der Waals surface area contributed by atoms with E-state index in [4.69, 9.17) is 0 Å². The fraction of sp³-hybridized carbons (Fsp3) is 0.611. The first-order valence-corrected chi connectivity index (χ1v) is 8.21. The van der Waals surface area contributed by atoms with Gasteiger partial charge in [-0.05, 0) is 55.5 Å². The van der Waals surface area contributed by atoms with Crippen LogP contribution >= 0.6 is 0 Å². The lowest BCUT2D eigenvalue weighted by atomic mass is 9.96. The Kier molecular flexibility index (Phi) is 5.80. The van der Waals surface area contributed by atoms with Gasteiger partial charge in [0.1, 0.15) is 0 Å². The predicted molar refractivity (Wildman–Crippen MR) is 87.7 cm³/mol. The molecule has 116 valence electrons. The highest BCUT2D eigenvalue weighted by molar-refractivity contribution is 5.94. The predicted octanol–water partition coefficient (Wildman–Crippen LogP) is 3.27. The molecule has 1 aliphatic heterocycles. The molecule has 1 aromatic carbocycles. The van der Waals surface area contributed by atoms with Gasteiger partial charge in [-0.2, -0.15) is 0 Å². The van der Waals surface area contributed by atoms with Crippen molar-refractivity contribution in [2.75, 3.05) is 26.2 Å². The summed E-state index contributed by atoms with van der Waals surface area (Å²) in [7, 11) is 0. The third-order valence-corrected chi connectivity index (χ3v) is 4.41. The van der Waals surface area contributed by atoms with Gasteiger partial charge in [0, 0.05) is 18.7 Å². The topological polar surface area (TPSA) is 32.3 Å². The summed E-state index contributed by atoms with van der Waals surface area (Å²) in [6, 6.07) is 8.11. The molecule has 0 aromatic heterocycles. The van der Waals surface area contributed by atoms with Crippen molar-refractivity contribution in [3.05, 3.63) is 35.4 Å². The van der Waals surface area contributed by atoms with Crippen molar-refractivity contribution in [1.29, 1.82) is 0 Å². The summed E-state index contributed by atoms with van der Waals surface area (Å²) in [5.41, 5.74) is 2.11. The molecule has 0 saturated carbocycles. The van der Waals surface area contributed by atoms with Crippen molar-refractivity contribution >= 4 is 5.91 Å². The first kappa shape index (κ1) is 16.0. The molecule has 1 fully saturated rings. The molecule has 3 heteroatoms. The van der Waals surface area contributed by atoms with Gasteiger partial charge in [-0.3, -0.25) is 4.79 Å². The van der Waals surface area contributed by atoms with Crippen LogP contribution in [0.15, 0.2) is 24.3 Å². The van der Waals surface area contributed by atoms with Gasteiger partial charge in [0.25, 0.3) is 5.91 Å². The van der Waals surface area contributed by atoms with Crippen molar-refractivity contribution in [3.63, 3.8) is 0 Å². The summed E-state index contributed by atoms with van der Waals surface area (Å²) < 4.78 is 0. The molecule has 0 bridgehead atoms. The van der Waals surface area contributed by atoms with Crippen molar-refractivity contribution < 1.29 is 4.79 Å². The second-order valence-electron chi connectivity index (χ2n) is 6.32. The Morgan fingerprint density at radius 3 is 2.38 bits per heavy atom. The summed E-state index contributed by atoms with van der Waals surface area (Å²) in [6.07, 6.45) is 2.23. The third kappa shape index (κ3) is 4.31. The van der Waals surface area contributed by atoms with Crippen LogP contribution in [-0.4, -0.2) is 37.0 Å². The molecular formula is C18H28N2O. The highest BCUT2D eigenvalue weighted by Gasteiger charge is 2.23.